The van der Waals surface area contributed by atoms with E-state index in [9.17, 15) is 4.39 Å². The lowest BCUT2D eigenvalue weighted by molar-refractivity contribution is 0.411. The summed E-state index contributed by atoms with van der Waals surface area (Å²) in [5.41, 5.74) is 6.96. The number of rotatable bonds is 4. The Balaban J connectivity index is 1.50. The lowest BCUT2D eigenvalue weighted by atomic mass is 10.0. The van der Waals surface area contributed by atoms with Gasteiger partial charge in [-0.05, 0) is 59.2 Å². The summed E-state index contributed by atoms with van der Waals surface area (Å²) >= 11 is 0. The lowest BCUT2D eigenvalue weighted by Gasteiger charge is -2.07. The molecule has 4 heterocycles. The van der Waals surface area contributed by atoms with Crippen molar-refractivity contribution in [3.8, 4) is 39.4 Å². The topological polar surface area (TPSA) is 79.5 Å². The maximum atomic E-state index is 14.2. The van der Waals surface area contributed by atoms with Crippen LogP contribution in [0.3, 0.4) is 0 Å². The minimum Gasteiger partial charge on any atom is -0.497 e. The molecule has 2 aromatic carbocycles. The molecule has 6 rings (SSSR count). The molecule has 0 spiro atoms. The Labute approximate surface area is 188 Å². The van der Waals surface area contributed by atoms with E-state index >= 15 is 0 Å². The number of H-pyrrole nitrogens is 2. The molecular weight excluding hydrogens is 417 g/mol. The first kappa shape index (κ1) is 19.2. The largest absolute Gasteiger partial charge is 0.497 e. The van der Waals surface area contributed by atoms with Crippen LogP contribution in [0.2, 0.25) is 0 Å². The summed E-state index contributed by atoms with van der Waals surface area (Å²) in [6.07, 6.45) is 5.33. The summed E-state index contributed by atoms with van der Waals surface area (Å²) in [4.78, 5) is 12.1. The van der Waals surface area contributed by atoms with Crippen molar-refractivity contribution in [1.82, 2.24) is 25.1 Å². The van der Waals surface area contributed by atoms with Gasteiger partial charge in [0.25, 0.3) is 0 Å². The number of pyridine rings is 2. The van der Waals surface area contributed by atoms with E-state index in [-0.39, 0.29) is 5.82 Å². The number of aromatic amines is 2. The third kappa shape index (κ3) is 3.30. The fraction of sp³-hybridized carbons (Fsp3) is 0.0385. The molecule has 0 amide bonds. The molecule has 6 nitrogen and oxygen atoms in total. The number of ether oxygens (including phenoxy) is 1. The number of hydrogen-bond acceptors (Lipinski definition) is 4. The molecular formula is C26H18FN5O. The van der Waals surface area contributed by atoms with Crippen molar-refractivity contribution < 1.29 is 9.13 Å². The summed E-state index contributed by atoms with van der Waals surface area (Å²) in [7, 11) is 1.53. The van der Waals surface area contributed by atoms with Gasteiger partial charge in [-0.25, -0.2) is 9.37 Å². The highest BCUT2D eigenvalue weighted by Gasteiger charge is 2.15. The van der Waals surface area contributed by atoms with E-state index in [4.69, 9.17) is 4.74 Å². The molecule has 0 bridgehead atoms. The number of fused-ring (bicyclic) bond motifs is 2. The number of methoxy groups -OCH3 is 1. The predicted octanol–water partition coefficient (Wildman–Crippen LogP) is 5.98. The molecule has 0 fully saturated rings. The summed E-state index contributed by atoms with van der Waals surface area (Å²) in [6.45, 7) is 0. The first-order valence-electron chi connectivity index (χ1n) is 10.4. The summed E-state index contributed by atoms with van der Waals surface area (Å²) < 4.78 is 19.4. The van der Waals surface area contributed by atoms with Crippen LogP contribution < -0.4 is 4.74 Å². The molecule has 4 aromatic heterocycles. The van der Waals surface area contributed by atoms with Gasteiger partial charge < -0.3 is 9.72 Å². The van der Waals surface area contributed by atoms with Gasteiger partial charge >= 0.3 is 0 Å². The quantitative estimate of drug-likeness (QED) is 0.357. The second-order valence-electron chi connectivity index (χ2n) is 7.76. The number of benzene rings is 2. The molecule has 0 saturated carbocycles. The summed E-state index contributed by atoms with van der Waals surface area (Å²) in [5.74, 6) is 0.137. The van der Waals surface area contributed by atoms with Crippen molar-refractivity contribution in [3.05, 3.63) is 85.1 Å². The first-order valence-corrected chi connectivity index (χ1v) is 10.4. The van der Waals surface area contributed by atoms with Gasteiger partial charge in [0.05, 0.1) is 18.5 Å². The van der Waals surface area contributed by atoms with E-state index < -0.39 is 0 Å². The van der Waals surface area contributed by atoms with Crippen molar-refractivity contribution in [2.24, 2.45) is 0 Å². The van der Waals surface area contributed by atoms with E-state index in [1.165, 1.54) is 19.2 Å². The maximum absolute atomic E-state index is 14.2. The molecule has 0 aliphatic heterocycles. The van der Waals surface area contributed by atoms with Gasteiger partial charge in [0.15, 0.2) is 5.65 Å². The number of halogens is 1. The van der Waals surface area contributed by atoms with Crippen LogP contribution >= 0.6 is 0 Å². The van der Waals surface area contributed by atoms with Crippen LogP contribution in [0.1, 0.15) is 0 Å². The SMILES string of the molecule is COc1cc(F)cc(-c2cccc3[nH]c(-c4[nH]nc5ncc(-c6ccncc6)cc45)cc23)c1. The molecule has 160 valence electrons. The van der Waals surface area contributed by atoms with E-state index in [1.54, 1.807) is 12.4 Å². The molecule has 0 aliphatic rings. The first-order chi connectivity index (χ1) is 16.2. The zero-order valence-electron chi connectivity index (χ0n) is 17.6. The normalized spacial score (nSPS) is 11.3. The average molecular weight is 435 g/mol. The minimum atomic E-state index is -0.341. The maximum Gasteiger partial charge on any atom is 0.181 e. The highest BCUT2D eigenvalue weighted by atomic mass is 19.1. The number of nitrogens with one attached hydrogen (secondary N) is 2. The van der Waals surface area contributed by atoms with Gasteiger partial charge in [-0.2, -0.15) is 5.10 Å². The lowest BCUT2D eigenvalue weighted by Crippen LogP contribution is -1.87. The zero-order valence-corrected chi connectivity index (χ0v) is 17.6. The monoisotopic (exact) mass is 435 g/mol. The zero-order chi connectivity index (χ0) is 22.4. The average Bonchev–Trinajstić information content (AvgIpc) is 3.47. The van der Waals surface area contributed by atoms with Crippen molar-refractivity contribution in [3.63, 3.8) is 0 Å². The Kier molecular flexibility index (Phi) is 4.40. The molecule has 0 aliphatic carbocycles. The molecule has 0 radical (unpaired) electrons. The Morgan fingerprint density at radius 2 is 1.76 bits per heavy atom. The standard InChI is InChI=1S/C26H18FN5O/c1-33-19-10-16(9-18(27)12-19)20-3-2-4-23-21(20)13-24(30-23)25-22-11-17(14-29-26(22)32-31-25)15-5-7-28-8-6-15/h2-14,30H,1H3,(H,29,31,32). The van der Waals surface area contributed by atoms with Crippen molar-refractivity contribution in [2.45, 2.75) is 0 Å². The van der Waals surface area contributed by atoms with E-state index in [0.717, 1.165) is 49.9 Å². The molecule has 7 heteroatoms. The fourth-order valence-electron chi connectivity index (χ4n) is 4.18. The van der Waals surface area contributed by atoms with Crippen molar-refractivity contribution >= 4 is 21.9 Å². The Morgan fingerprint density at radius 1 is 0.879 bits per heavy atom. The third-order valence-electron chi connectivity index (χ3n) is 5.77. The van der Waals surface area contributed by atoms with Crippen LogP contribution in [0.25, 0.3) is 55.6 Å². The van der Waals surface area contributed by atoms with Crippen LogP contribution in [-0.4, -0.2) is 32.3 Å². The summed E-state index contributed by atoms with van der Waals surface area (Å²) in [5, 5.41) is 9.38. The van der Waals surface area contributed by atoms with Crippen LogP contribution in [0.15, 0.2) is 79.3 Å². The third-order valence-corrected chi connectivity index (χ3v) is 5.77. The van der Waals surface area contributed by atoms with Crippen LogP contribution in [0, 0.1) is 5.82 Å². The fourth-order valence-corrected chi connectivity index (χ4v) is 4.18. The molecule has 33 heavy (non-hydrogen) atoms. The van der Waals surface area contributed by atoms with Crippen LogP contribution in [0.5, 0.6) is 5.75 Å². The molecule has 0 saturated heterocycles. The van der Waals surface area contributed by atoms with Gasteiger partial charge in [0.2, 0.25) is 0 Å². The smallest absolute Gasteiger partial charge is 0.181 e. The van der Waals surface area contributed by atoms with Gasteiger partial charge in [-0.1, -0.05) is 12.1 Å². The molecule has 0 atom stereocenters. The highest BCUT2D eigenvalue weighted by Crippen LogP contribution is 2.36. The van der Waals surface area contributed by atoms with Crippen LogP contribution in [0.4, 0.5) is 4.39 Å². The van der Waals surface area contributed by atoms with E-state index in [2.05, 4.69) is 31.2 Å². The van der Waals surface area contributed by atoms with E-state index in [1.807, 2.05) is 48.7 Å². The Morgan fingerprint density at radius 3 is 2.61 bits per heavy atom. The second-order valence-corrected chi connectivity index (χ2v) is 7.76. The van der Waals surface area contributed by atoms with E-state index in [0.29, 0.717) is 11.4 Å². The molecule has 2 N–H and O–H groups in total. The highest BCUT2D eigenvalue weighted by molar-refractivity contribution is 6.01. The number of hydrogen-bond donors (Lipinski definition) is 2. The molecule has 0 unspecified atom stereocenters. The number of aromatic nitrogens is 5. The Hall–Kier alpha value is -4.52. The van der Waals surface area contributed by atoms with Crippen molar-refractivity contribution in [1.29, 1.82) is 0 Å². The Bertz CT molecular complexity index is 1620. The van der Waals surface area contributed by atoms with Gasteiger partial charge in [-0.3, -0.25) is 10.1 Å². The predicted molar refractivity (Wildman–Crippen MR) is 126 cm³/mol. The minimum absolute atomic E-state index is 0.341. The second kappa shape index (κ2) is 7.56. The summed E-state index contributed by atoms with van der Waals surface area (Å²) in [6, 6.07) is 18.7. The van der Waals surface area contributed by atoms with Crippen molar-refractivity contribution in [2.75, 3.05) is 7.11 Å². The van der Waals surface area contributed by atoms with Gasteiger partial charge in [0.1, 0.15) is 11.6 Å². The van der Waals surface area contributed by atoms with Gasteiger partial charge in [-0.15, -0.1) is 0 Å². The van der Waals surface area contributed by atoms with Crippen LogP contribution in [-0.2, 0) is 0 Å². The molecule has 6 aromatic rings. The number of nitrogens with zero attached hydrogens (tertiary/aromatic N) is 3. The van der Waals surface area contributed by atoms with Gasteiger partial charge in [0, 0.05) is 46.5 Å².